The van der Waals surface area contributed by atoms with Gasteiger partial charge in [0.15, 0.2) is 0 Å². The molecule has 0 saturated carbocycles. The molecule has 4 heteroatoms. The van der Waals surface area contributed by atoms with Gasteiger partial charge in [0.05, 0.1) is 6.54 Å². The number of morpholine rings is 1. The maximum atomic E-state index is 13.2. The summed E-state index contributed by atoms with van der Waals surface area (Å²) >= 11 is 0. The third-order valence-electron chi connectivity index (χ3n) is 3.09. The topological polar surface area (TPSA) is 29.5 Å². The largest absolute Gasteiger partial charge is 0.362 e. The molecule has 0 spiro atoms. The van der Waals surface area contributed by atoms with Crippen LogP contribution in [-0.4, -0.2) is 29.5 Å². The molecule has 1 saturated heterocycles. The summed E-state index contributed by atoms with van der Waals surface area (Å²) in [7, 11) is 0. The second kappa shape index (κ2) is 4.69. The number of halogens is 1. The zero-order valence-corrected chi connectivity index (χ0v) is 10.9. The zero-order valence-electron chi connectivity index (χ0n) is 10.9. The zero-order chi connectivity index (χ0) is 13.3. The van der Waals surface area contributed by atoms with Crippen LogP contribution < -0.4 is 0 Å². The van der Waals surface area contributed by atoms with E-state index in [0.717, 1.165) is 5.56 Å². The fourth-order valence-corrected chi connectivity index (χ4v) is 2.13. The Kier molecular flexibility index (Phi) is 3.39. The Morgan fingerprint density at radius 1 is 1.39 bits per heavy atom. The molecule has 0 bridgehead atoms. The van der Waals surface area contributed by atoms with E-state index in [1.54, 1.807) is 11.0 Å². The molecule has 1 aliphatic rings. The van der Waals surface area contributed by atoms with E-state index in [2.05, 4.69) is 0 Å². The summed E-state index contributed by atoms with van der Waals surface area (Å²) in [5, 5.41) is 0. The average Bonchev–Trinajstić information content (AvgIpc) is 2.28. The highest BCUT2D eigenvalue weighted by Crippen LogP contribution is 2.27. The molecule has 3 nitrogen and oxygen atoms in total. The molecule has 0 radical (unpaired) electrons. The summed E-state index contributed by atoms with van der Waals surface area (Å²) in [5.41, 5.74) is 0.531. The van der Waals surface area contributed by atoms with Crippen molar-refractivity contribution in [1.82, 2.24) is 4.90 Å². The summed E-state index contributed by atoms with van der Waals surface area (Å²) in [4.78, 5) is 13.6. The highest BCUT2D eigenvalue weighted by atomic mass is 19.1. The molecule has 1 amide bonds. The first-order valence-corrected chi connectivity index (χ1v) is 6.05. The molecule has 1 heterocycles. The molecule has 1 aromatic rings. The van der Waals surface area contributed by atoms with E-state index in [9.17, 15) is 9.18 Å². The number of amides is 1. The van der Waals surface area contributed by atoms with Gasteiger partial charge >= 0.3 is 0 Å². The molecule has 18 heavy (non-hydrogen) atoms. The van der Waals surface area contributed by atoms with Gasteiger partial charge in [-0.25, -0.2) is 4.39 Å². The minimum absolute atomic E-state index is 0.0184. The fraction of sp³-hybridized carbons (Fsp3) is 0.500. The van der Waals surface area contributed by atoms with Crippen LogP contribution in [0.4, 0.5) is 4.39 Å². The van der Waals surface area contributed by atoms with Crippen molar-refractivity contribution >= 4 is 5.91 Å². The monoisotopic (exact) mass is 251 g/mol. The van der Waals surface area contributed by atoms with E-state index in [1.165, 1.54) is 12.1 Å². The lowest BCUT2D eigenvalue weighted by atomic mass is 10.0. The molecule has 1 aromatic carbocycles. The second-order valence-electron chi connectivity index (χ2n) is 5.53. The van der Waals surface area contributed by atoms with Crippen LogP contribution in [0.1, 0.15) is 32.4 Å². The Balaban J connectivity index is 2.20. The van der Waals surface area contributed by atoms with Crippen LogP contribution in [0, 0.1) is 5.82 Å². The molecule has 0 aliphatic carbocycles. The van der Waals surface area contributed by atoms with Gasteiger partial charge in [0, 0.05) is 5.54 Å². The average molecular weight is 251 g/mol. The SMILES string of the molecule is CC(C)(C)N1C[C@H](c2cccc(F)c2)OCC1=O. The lowest BCUT2D eigenvalue weighted by molar-refractivity contribution is -0.156. The number of rotatable bonds is 1. The summed E-state index contributed by atoms with van der Waals surface area (Å²) in [5.74, 6) is -0.300. The molecule has 0 N–H and O–H groups in total. The van der Waals surface area contributed by atoms with Crippen LogP contribution in [0.2, 0.25) is 0 Å². The van der Waals surface area contributed by atoms with Gasteiger partial charge in [-0.05, 0) is 38.5 Å². The van der Waals surface area contributed by atoms with E-state index in [0.29, 0.717) is 6.54 Å². The molecule has 1 fully saturated rings. The lowest BCUT2D eigenvalue weighted by Crippen LogP contribution is -2.52. The Bertz CT molecular complexity index is 453. The fourth-order valence-electron chi connectivity index (χ4n) is 2.13. The summed E-state index contributed by atoms with van der Waals surface area (Å²) in [6.45, 7) is 6.47. The number of carbonyl (C=O) groups is 1. The van der Waals surface area contributed by atoms with Gasteiger partial charge in [0.2, 0.25) is 5.91 Å². The number of carbonyl (C=O) groups excluding carboxylic acids is 1. The number of hydrogen-bond donors (Lipinski definition) is 0. The third-order valence-corrected chi connectivity index (χ3v) is 3.09. The first kappa shape index (κ1) is 13.0. The lowest BCUT2D eigenvalue weighted by Gasteiger charge is -2.41. The highest BCUT2D eigenvalue weighted by molar-refractivity contribution is 5.79. The van der Waals surface area contributed by atoms with Crippen LogP contribution in [-0.2, 0) is 9.53 Å². The first-order chi connectivity index (χ1) is 8.38. The Morgan fingerprint density at radius 3 is 2.72 bits per heavy atom. The van der Waals surface area contributed by atoms with Crippen LogP contribution in [0.15, 0.2) is 24.3 Å². The molecule has 0 aromatic heterocycles. The molecule has 98 valence electrons. The predicted molar refractivity (Wildman–Crippen MR) is 66.6 cm³/mol. The molecule has 1 aliphatic heterocycles. The number of ether oxygens (including phenoxy) is 1. The molecular formula is C14H18FNO2. The predicted octanol–water partition coefficient (Wildman–Crippen LogP) is 2.52. The summed E-state index contributed by atoms with van der Waals surface area (Å²) in [6.07, 6.45) is -0.252. The van der Waals surface area contributed by atoms with Crippen molar-refractivity contribution in [3.05, 3.63) is 35.6 Å². The van der Waals surface area contributed by atoms with Crippen LogP contribution >= 0.6 is 0 Å². The summed E-state index contributed by atoms with van der Waals surface area (Å²) < 4.78 is 18.7. The maximum absolute atomic E-state index is 13.2. The molecule has 0 unspecified atom stereocenters. The normalized spacial score (nSPS) is 21.2. The van der Waals surface area contributed by atoms with E-state index in [1.807, 2.05) is 26.8 Å². The minimum atomic E-state index is -0.282. The smallest absolute Gasteiger partial charge is 0.249 e. The quantitative estimate of drug-likeness (QED) is 0.767. The van der Waals surface area contributed by atoms with Gasteiger partial charge in [-0.15, -0.1) is 0 Å². The van der Waals surface area contributed by atoms with Crippen LogP contribution in [0.25, 0.3) is 0 Å². The van der Waals surface area contributed by atoms with Gasteiger partial charge < -0.3 is 9.64 Å². The van der Waals surface area contributed by atoms with Crippen molar-refractivity contribution in [3.63, 3.8) is 0 Å². The van der Waals surface area contributed by atoms with E-state index < -0.39 is 0 Å². The van der Waals surface area contributed by atoms with Crippen molar-refractivity contribution in [1.29, 1.82) is 0 Å². The number of nitrogens with zero attached hydrogens (tertiary/aromatic N) is 1. The van der Waals surface area contributed by atoms with Crippen molar-refractivity contribution in [2.24, 2.45) is 0 Å². The van der Waals surface area contributed by atoms with Gasteiger partial charge in [0.1, 0.15) is 18.5 Å². The standard InChI is InChI=1S/C14H18FNO2/c1-14(2,3)16-8-12(18-9-13(16)17)10-5-4-6-11(15)7-10/h4-7,12H,8-9H2,1-3H3/t12-/m1/s1. The molecule has 2 rings (SSSR count). The Labute approximate surface area is 107 Å². The van der Waals surface area contributed by atoms with Gasteiger partial charge in [-0.3, -0.25) is 4.79 Å². The molecule has 1 atom stereocenters. The Hall–Kier alpha value is -1.42. The van der Waals surface area contributed by atoms with Gasteiger partial charge in [-0.1, -0.05) is 12.1 Å². The first-order valence-electron chi connectivity index (χ1n) is 6.05. The third kappa shape index (κ3) is 2.70. The van der Waals surface area contributed by atoms with Crippen molar-refractivity contribution in [3.8, 4) is 0 Å². The van der Waals surface area contributed by atoms with Gasteiger partial charge in [0.25, 0.3) is 0 Å². The molecular weight excluding hydrogens is 233 g/mol. The van der Waals surface area contributed by atoms with Crippen LogP contribution in [0.5, 0.6) is 0 Å². The highest BCUT2D eigenvalue weighted by Gasteiger charge is 2.34. The van der Waals surface area contributed by atoms with Crippen LogP contribution in [0.3, 0.4) is 0 Å². The van der Waals surface area contributed by atoms with Crippen molar-refractivity contribution in [2.45, 2.75) is 32.4 Å². The second-order valence-corrected chi connectivity index (χ2v) is 5.53. The van der Waals surface area contributed by atoms with Crippen molar-refractivity contribution < 1.29 is 13.9 Å². The van der Waals surface area contributed by atoms with E-state index >= 15 is 0 Å². The minimum Gasteiger partial charge on any atom is -0.362 e. The number of benzene rings is 1. The Morgan fingerprint density at radius 2 is 2.11 bits per heavy atom. The maximum Gasteiger partial charge on any atom is 0.249 e. The van der Waals surface area contributed by atoms with E-state index in [4.69, 9.17) is 4.74 Å². The summed E-state index contributed by atoms with van der Waals surface area (Å²) in [6, 6.07) is 6.34. The number of hydrogen-bond acceptors (Lipinski definition) is 2. The van der Waals surface area contributed by atoms with Crippen molar-refractivity contribution in [2.75, 3.05) is 13.2 Å². The van der Waals surface area contributed by atoms with E-state index in [-0.39, 0.29) is 30.0 Å². The van der Waals surface area contributed by atoms with Gasteiger partial charge in [-0.2, -0.15) is 0 Å².